The Morgan fingerprint density at radius 1 is 1.04 bits per heavy atom. The highest BCUT2D eigenvalue weighted by atomic mass is 16.5. The average Bonchev–Trinajstić information content (AvgIpc) is 2.53. The normalized spacial score (nSPS) is 11.3. The molecule has 0 unspecified atom stereocenters. The summed E-state index contributed by atoms with van der Waals surface area (Å²) < 4.78 is 5.11. The number of rotatable bonds is 6. The zero-order valence-electron chi connectivity index (χ0n) is 15.1. The van der Waals surface area contributed by atoms with Crippen LogP contribution in [0.15, 0.2) is 48.5 Å². The lowest BCUT2D eigenvalue weighted by molar-refractivity contribution is -0.116. The van der Waals surface area contributed by atoms with E-state index in [1.165, 1.54) is 11.1 Å². The van der Waals surface area contributed by atoms with Crippen LogP contribution in [-0.2, 0) is 28.0 Å². The van der Waals surface area contributed by atoms with E-state index in [0.29, 0.717) is 13.0 Å². The van der Waals surface area contributed by atoms with E-state index in [-0.39, 0.29) is 11.3 Å². The van der Waals surface area contributed by atoms with Gasteiger partial charge in [-0.05, 0) is 40.7 Å². The van der Waals surface area contributed by atoms with Gasteiger partial charge in [-0.2, -0.15) is 0 Å². The van der Waals surface area contributed by atoms with Crippen LogP contribution >= 0.6 is 0 Å². The lowest BCUT2D eigenvalue weighted by Crippen LogP contribution is -2.13. The highest BCUT2D eigenvalue weighted by Gasteiger charge is 2.13. The van der Waals surface area contributed by atoms with Gasteiger partial charge in [0, 0.05) is 19.2 Å². The largest absolute Gasteiger partial charge is 0.380 e. The number of carbonyl (C=O) groups excluding carboxylic acids is 1. The van der Waals surface area contributed by atoms with Crippen molar-refractivity contribution in [2.75, 3.05) is 12.4 Å². The van der Waals surface area contributed by atoms with Gasteiger partial charge >= 0.3 is 0 Å². The predicted octanol–water partition coefficient (Wildman–Crippen LogP) is 4.70. The van der Waals surface area contributed by atoms with Gasteiger partial charge in [-0.1, -0.05) is 57.2 Å². The molecule has 0 heterocycles. The van der Waals surface area contributed by atoms with Gasteiger partial charge in [0.25, 0.3) is 0 Å². The molecular formula is C21H27NO2. The molecule has 128 valence electrons. The number of amides is 1. The third-order valence-electron chi connectivity index (χ3n) is 3.98. The third kappa shape index (κ3) is 5.50. The number of hydrogen-bond acceptors (Lipinski definition) is 2. The van der Waals surface area contributed by atoms with Gasteiger partial charge in [0.05, 0.1) is 6.61 Å². The summed E-state index contributed by atoms with van der Waals surface area (Å²) in [7, 11) is 1.66. The Labute approximate surface area is 145 Å². The van der Waals surface area contributed by atoms with Gasteiger partial charge in [-0.25, -0.2) is 0 Å². The predicted molar refractivity (Wildman–Crippen MR) is 99.2 cm³/mol. The summed E-state index contributed by atoms with van der Waals surface area (Å²) in [6, 6.07) is 16.3. The first kappa shape index (κ1) is 18.2. The molecule has 0 aliphatic carbocycles. The van der Waals surface area contributed by atoms with Gasteiger partial charge < -0.3 is 10.1 Å². The van der Waals surface area contributed by atoms with Gasteiger partial charge in [0.15, 0.2) is 0 Å². The van der Waals surface area contributed by atoms with Crippen LogP contribution in [-0.4, -0.2) is 13.0 Å². The summed E-state index contributed by atoms with van der Waals surface area (Å²) >= 11 is 0. The molecule has 0 bridgehead atoms. The first-order valence-electron chi connectivity index (χ1n) is 8.35. The molecule has 0 spiro atoms. The van der Waals surface area contributed by atoms with Crippen molar-refractivity contribution in [3.05, 3.63) is 65.2 Å². The Morgan fingerprint density at radius 2 is 1.75 bits per heavy atom. The smallest absolute Gasteiger partial charge is 0.224 e. The number of ether oxygens (including phenoxy) is 1. The Morgan fingerprint density at radius 3 is 2.38 bits per heavy atom. The lowest BCUT2D eigenvalue weighted by Gasteiger charge is -2.19. The number of aryl methyl sites for hydroxylation is 1. The minimum Gasteiger partial charge on any atom is -0.380 e. The van der Waals surface area contributed by atoms with E-state index in [4.69, 9.17) is 4.74 Å². The number of hydrogen-bond donors (Lipinski definition) is 1. The van der Waals surface area contributed by atoms with Crippen molar-refractivity contribution >= 4 is 11.6 Å². The molecule has 0 aromatic heterocycles. The highest BCUT2D eigenvalue weighted by Crippen LogP contribution is 2.22. The van der Waals surface area contributed by atoms with Crippen LogP contribution < -0.4 is 5.32 Å². The standard InChI is InChI=1S/C21H27NO2/c1-21(2,3)18-11-8-16(9-12-18)10-13-20(23)22-19-7-5-6-17(14-19)15-24-4/h5-9,11-12,14H,10,13,15H2,1-4H3,(H,22,23). The van der Waals surface area contributed by atoms with Crippen molar-refractivity contribution in [3.8, 4) is 0 Å². The maximum absolute atomic E-state index is 12.1. The maximum Gasteiger partial charge on any atom is 0.224 e. The minimum absolute atomic E-state index is 0.0319. The molecule has 0 aliphatic rings. The van der Waals surface area contributed by atoms with Crippen LogP contribution in [0.5, 0.6) is 0 Å². The SMILES string of the molecule is COCc1cccc(NC(=O)CCc2ccc(C(C)(C)C)cc2)c1. The van der Waals surface area contributed by atoms with Crippen molar-refractivity contribution in [2.24, 2.45) is 0 Å². The van der Waals surface area contributed by atoms with E-state index in [0.717, 1.165) is 17.7 Å². The van der Waals surface area contributed by atoms with E-state index in [9.17, 15) is 4.79 Å². The van der Waals surface area contributed by atoms with Crippen LogP contribution in [0.3, 0.4) is 0 Å². The van der Waals surface area contributed by atoms with Crippen molar-refractivity contribution in [2.45, 2.75) is 45.6 Å². The fraction of sp³-hybridized carbons (Fsp3) is 0.381. The van der Waals surface area contributed by atoms with Crippen LogP contribution in [0.25, 0.3) is 0 Å². The summed E-state index contributed by atoms with van der Waals surface area (Å²) in [5, 5.41) is 2.95. The zero-order chi connectivity index (χ0) is 17.6. The highest BCUT2D eigenvalue weighted by molar-refractivity contribution is 5.90. The lowest BCUT2D eigenvalue weighted by atomic mass is 9.86. The third-order valence-corrected chi connectivity index (χ3v) is 3.98. The number of benzene rings is 2. The molecule has 0 atom stereocenters. The molecule has 2 aromatic rings. The molecule has 24 heavy (non-hydrogen) atoms. The average molecular weight is 325 g/mol. The van der Waals surface area contributed by atoms with Crippen LogP contribution in [0.1, 0.15) is 43.9 Å². The van der Waals surface area contributed by atoms with Gasteiger partial charge in [-0.3, -0.25) is 4.79 Å². The molecule has 0 aliphatic heterocycles. The number of anilines is 1. The minimum atomic E-state index is 0.0319. The van der Waals surface area contributed by atoms with Crippen molar-refractivity contribution < 1.29 is 9.53 Å². The molecular weight excluding hydrogens is 298 g/mol. The van der Waals surface area contributed by atoms with E-state index < -0.39 is 0 Å². The van der Waals surface area contributed by atoms with E-state index in [1.54, 1.807) is 7.11 Å². The number of carbonyl (C=O) groups is 1. The summed E-state index contributed by atoms with van der Waals surface area (Å²) in [4.78, 5) is 12.1. The van der Waals surface area contributed by atoms with Crippen molar-refractivity contribution in [3.63, 3.8) is 0 Å². The molecule has 0 radical (unpaired) electrons. The number of methoxy groups -OCH3 is 1. The van der Waals surface area contributed by atoms with E-state index in [1.807, 2.05) is 24.3 Å². The summed E-state index contributed by atoms with van der Waals surface area (Å²) in [5.74, 6) is 0.0319. The molecule has 3 nitrogen and oxygen atoms in total. The monoisotopic (exact) mass is 325 g/mol. The van der Waals surface area contributed by atoms with Crippen LogP contribution in [0.2, 0.25) is 0 Å². The van der Waals surface area contributed by atoms with Crippen molar-refractivity contribution in [1.82, 2.24) is 0 Å². The first-order valence-corrected chi connectivity index (χ1v) is 8.35. The van der Waals surface area contributed by atoms with Gasteiger partial charge in [0.1, 0.15) is 0 Å². The summed E-state index contributed by atoms with van der Waals surface area (Å²) in [6.07, 6.45) is 1.22. The molecule has 2 aromatic carbocycles. The maximum atomic E-state index is 12.1. The quantitative estimate of drug-likeness (QED) is 0.836. The Hall–Kier alpha value is -2.13. The molecule has 1 amide bonds. The van der Waals surface area contributed by atoms with E-state index >= 15 is 0 Å². The topological polar surface area (TPSA) is 38.3 Å². The fourth-order valence-corrected chi connectivity index (χ4v) is 2.56. The van der Waals surface area contributed by atoms with Gasteiger partial charge in [0.2, 0.25) is 5.91 Å². The second-order valence-corrected chi connectivity index (χ2v) is 7.13. The first-order chi connectivity index (χ1) is 11.4. The molecule has 2 rings (SSSR count). The summed E-state index contributed by atoms with van der Waals surface area (Å²) in [5.41, 5.74) is 4.52. The second kappa shape index (κ2) is 8.11. The van der Waals surface area contributed by atoms with Crippen molar-refractivity contribution in [1.29, 1.82) is 0 Å². The fourth-order valence-electron chi connectivity index (χ4n) is 2.56. The van der Waals surface area contributed by atoms with Crippen LogP contribution in [0, 0.1) is 0 Å². The zero-order valence-corrected chi connectivity index (χ0v) is 15.1. The molecule has 3 heteroatoms. The Bertz CT molecular complexity index is 669. The molecule has 0 fully saturated rings. The molecule has 0 saturated heterocycles. The molecule has 0 saturated carbocycles. The van der Waals surface area contributed by atoms with Crippen LogP contribution in [0.4, 0.5) is 5.69 Å². The molecule has 1 N–H and O–H groups in total. The Balaban J connectivity index is 1.88. The second-order valence-electron chi connectivity index (χ2n) is 7.13. The summed E-state index contributed by atoms with van der Waals surface area (Å²) in [6.45, 7) is 7.15. The van der Waals surface area contributed by atoms with E-state index in [2.05, 4.69) is 50.4 Å². The van der Waals surface area contributed by atoms with Gasteiger partial charge in [-0.15, -0.1) is 0 Å². The number of nitrogens with one attached hydrogen (secondary N) is 1. The Kier molecular flexibility index (Phi) is 6.16.